The number of hydrogen-bond donors (Lipinski definition) is 0. The second-order valence-electron chi connectivity index (χ2n) is 2.27. The van der Waals surface area contributed by atoms with Crippen LogP contribution in [0, 0.1) is 6.92 Å². The number of rotatable bonds is 1. The zero-order valence-corrected chi connectivity index (χ0v) is 9.84. The molecule has 0 aliphatic rings. The van der Waals surface area contributed by atoms with E-state index in [2.05, 4.69) is 0 Å². The standard InChI is InChI=1S/C7H7OSe.Na/c1-6-2-4-7(9-8)5-3-6;/h2-5H,1H3;/q+1;-1. The third-order valence-corrected chi connectivity index (χ3v) is 5.77. The summed E-state index contributed by atoms with van der Waals surface area (Å²) in [5, 5.41) is 0. The van der Waals surface area contributed by atoms with Crippen LogP contribution in [-0.4, -0.2) is 34.8 Å². The number of hydrogen-bond acceptors (Lipinski definition) is 1. The molecule has 48 valence electrons. The Kier molecular flexibility index (Phi) is 3.28. The molecule has 0 amide bonds. The topological polar surface area (TPSA) is 17.1 Å². The van der Waals surface area contributed by atoms with Gasteiger partial charge in [-0.2, -0.15) is 0 Å². The Morgan fingerprint density at radius 2 is 1.80 bits per heavy atom. The van der Waals surface area contributed by atoms with Gasteiger partial charge in [0, 0.05) is 0 Å². The molecule has 0 saturated carbocycles. The molecule has 0 aliphatic carbocycles. The van der Waals surface area contributed by atoms with Crippen molar-refractivity contribution in [3.8, 4) is 0 Å². The number of benzene rings is 1. The minimum absolute atomic E-state index is 0.824. The van der Waals surface area contributed by atoms with Gasteiger partial charge >= 0.3 is 79.8 Å². The third kappa shape index (κ3) is 2.30. The first-order valence-electron chi connectivity index (χ1n) is 3.10. The molecule has 0 radical (unpaired) electrons. The van der Waals surface area contributed by atoms with Crippen LogP contribution >= 0.6 is 0 Å². The summed E-state index contributed by atoms with van der Waals surface area (Å²) in [5.74, 6) is 0. The van der Waals surface area contributed by atoms with E-state index >= 15 is 0 Å². The first-order valence-corrected chi connectivity index (χ1v) is 10.6. The van der Waals surface area contributed by atoms with Crippen LogP contribution in [0.4, 0.5) is 0 Å². The summed E-state index contributed by atoms with van der Waals surface area (Å²) < 4.78 is 12.1. The summed E-state index contributed by atoms with van der Waals surface area (Å²) in [5.41, 5.74) is 1.23. The first-order chi connectivity index (χ1) is 4.70. The predicted molar refractivity (Wildman–Crippen MR) is 43.0 cm³/mol. The van der Waals surface area contributed by atoms with Crippen molar-refractivity contribution in [2.24, 2.45) is 0 Å². The molecule has 10 heavy (non-hydrogen) atoms. The Morgan fingerprint density at radius 3 is 2.20 bits per heavy atom. The molecule has 0 fully saturated rings. The van der Waals surface area contributed by atoms with Gasteiger partial charge in [0.25, 0.3) is 0 Å². The fraction of sp³-hybridized carbons (Fsp3) is 0.143. The summed E-state index contributed by atoms with van der Waals surface area (Å²) in [6, 6.07) is 7.98. The van der Waals surface area contributed by atoms with Crippen LogP contribution in [0.5, 0.6) is 0 Å². The SMILES string of the molecule is Cc1ccc([Se](=O)[Na])cc1. The summed E-state index contributed by atoms with van der Waals surface area (Å²) in [6.07, 6.45) is 0. The van der Waals surface area contributed by atoms with Crippen LogP contribution in [0.25, 0.3) is 0 Å². The van der Waals surface area contributed by atoms with E-state index in [1.807, 2.05) is 31.2 Å². The summed E-state index contributed by atoms with van der Waals surface area (Å²) in [4.78, 5) is 0. The van der Waals surface area contributed by atoms with Crippen molar-refractivity contribution in [2.75, 3.05) is 0 Å². The summed E-state index contributed by atoms with van der Waals surface area (Å²) in [7, 11) is -1.54. The Labute approximate surface area is 79.2 Å². The predicted octanol–water partition coefficient (Wildman–Crippen LogP) is 0.289. The normalized spacial score (nSPS) is 13.1. The molecule has 0 bridgehead atoms. The van der Waals surface area contributed by atoms with Crippen molar-refractivity contribution in [3.63, 3.8) is 0 Å². The van der Waals surface area contributed by atoms with Crippen molar-refractivity contribution >= 4 is 39.2 Å². The number of aryl methyl sites for hydroxylation is 1. The molecule has 1 aromatic rings. The molecule has 0 aromatic heterocycles. The molecule has 1 rings (SSSR count). The fourth-order valence-corrected chi connectivity index (χ4v) is 3.23. The van der Waals surface area contributed by atoms with Crippen LogP contribution in [0.1, 0.15) is 5.56 Å². The molecule has 1 aromatic carbocycles. The van der Waals surface area contributed by atoms with E-state index in [1.165, 1.54) is 5.56 Å². The van der Waals surface area contributed by atoms with Crippen LogP contribution in [0.3, 0.4) is 0 Å². The van der Waals surface area contributed by atoms with Gasteiger partial charge in [-0.05, 0) is 0 Å². The molecular weight excluding hydrogens is 202 g/mol. The average Bonchev–Trinajstić information content (AvgIpc) is 1.88. The van der Waals surface area contributed by atoms with E-state index in [1.54, 1.807) is 0 Å². The van der Waals surface area contributed by atoms with E-state index < -0.39 is 9.39 Å². The van der Waals surface area contributed by atoms with Gasteiger partial charge < -0.3 is 0 Å². The maximum atomic E-state index is 11.0. The quantitative estimate of drug-likeness (QED) is 0.607. The van der Waals surface area contributed by atoms with Crippen LogP contribution in [0.2, 0.25) is 0 Å². The van der Waals surface area contributed by atoms with Crippen LogP contribution in [0.15, 0.2) is 24.3 Å². The zero-order valence-electron chi connectivity index (χ0n) is 6.13. The molecule has 0 spiro atoms. The molecule has 0 saturated heterocycles. The fourth-order valence-electron chi connectivity index (χ4n) is 0.730. The van der Waals surface area contributed by atoms with Crippen molar-refractivity contribution in [3.05, 3.63) is 29.8 Å². The summed E-state index contributed by atoms with van der Waals surface area (Å²) in [6.45, 7) is 2.04. The van der Waals surface area contributed by atoms with E-state index in [4.69, 9.17) is 0 Å². The molecular formula is C7H7NaOSe. The van der Waals surface area contributed by atoms with Gasteiger partial charge in [0.15, 0.2) is 0 Å². The molecule has 1 nitrogen and oxygen atoms in total. The molecule has 0 N–H and O–H groups in total. The van der Waals surface area contributed by atoms with Gasteiger partial charge in [-0.1, -0.05) is 0 Å². The van der Waals surface area contributed by atoms with E-state index in [0.717, 1.165) is 29.8 Å². The summed E-state index contributed by atoms with van der Waals surface area (Å²) >= 11 is 0.824. The van der Waals surface area contributed by atoms with Crippen molar-refractivity contribution in [1.29, 1.82) is 0 Å². The zero-order chi connectivity index (χ0) is 7.56. The minimum atomic E-state index is -1.54. The molecule has 0 aliphatic heterocycles. The Hall–Kier alpha value is 0.539. The second kappa shape index (κ2) is 3.79. The second-order valence-corrected chi connectivity index (χ2v) is 9.02. The maximum absolute atomic E-state index is 11.0. The van der Waals surface area contributed by atoms with E-state index in [0.29, 0.717) is 0 Å². The molecule has 1 unspecified atom stereocenters. The van der Waals surface area contributed by atoms with Gasteiger partial charge in [0.2, 0.25) is 0 Å². The van der Waals surface area contributed by atoms with E-state index in [-0.39, 0.29) is 0 Å². The Bertz CT molecular complexity index is 242. The van der Waals surface area contributed by atoms with Crippen molar-refractivity contribution in [2.45, 2.75) is 6.92 Å². The van der Waals surface area contributed by atoms with Crippen molar-refractivity contribution < 1.29 is 3.83 Å². The first kappa shape index (κ1) is 8.63. The van der Waals surface area contributed by atoms with Crippen LogP contribution in [-0.2, 0) is 3.83 Å². The average molecular weight is 209 g/mol. The van der Waals surface area contributed by atoms with Gasteiger partial charge in [0.05, 0.1) is 0 Å². The third-order valence-electron chi connectivity index (χ3n) is 1.35. The van der Waals surface area contributed by atoms with E-state index in [9.17, 15) is 3.83 Å². The Balaban J connectivity index is 3.00. The van der Waals surface area contributed by atoms with Gasteiger partial charge in [0.1, 0.15) is 0 Å². The Morgan fingerprint density at radius 1 is 1.30 bits per heavy atom. The van der Waals surface area contributed by atoms with Gasteiger partial charge in [-0.25, -0.2) is 0 Å². The molecule has 3 heteroatoms. The molecule has 0 heterocycles. The molecule has 1 atom stereocenters. The van der Waals surface area contributed by atoms with Gasteiger partial charge in [-0.15, -0.1) is 0 Å². The van der Waals surface area contributed by atoms with Gasteiger partial charge in [-0.3, -0.25) is 0 Å². The van der Waals surface area contributed by atoms with Crippen LogP contribution < -0.4 is 4.46 Å². The monoisotopic (exact) mass is 210 g/mol. The van der Waals surface area contributed by atoms with Crippen molar-refractivity contribution in [1.82, 2.24) is 0 Å².